The summed E-state index contributed by atoms with van der Waals surface area (Å²) in [4.78, 5) is 0. The second-order valence-corrected chi connectivity index (χ2v) is 2.49. The summed E-state index contributed by atoms with van der Waals surface area (Å²) in [7, 11) is -1.59. The van der Waals surface area contributed by atoms with Crippen molar-refractivity contribution in [3.63, 3.8) is 0 Å². The van der Waals surface area contributed by atoms with Crippen LogP contribution in [0.5, 0.6) is 0 Å². The highest BCUT2D eigenvalue weighted by Gasteiger charge is 2.15. The molecule has 5 N–H and O–H groups in total. The van der Waals surface area contributed by atoms with E-state index in [2.05, 4.69) is 0 Å². The molecule has 0 unspecified atom stereocenters. The van der Waals surface area contributed by atoms with Gasteiger partial charge in [-0.25, -0.2) is 0 Å². The van der Waals surface area contributed by atoms with Crippen LogP contribution in [-0.4, -0.2) is 22.3 Å². The number of anilines is 1. The first kappa shape index (κ1) is 12.3. The molecule has 0 saturated carbocycles. The second kappa shape index (κ2) is 5.09. The van der Waals surface area contributed by atoms with Crippen molar-refractivity contribution < 1.29 is 15.2 Å². The Morgan fingerprint density at radius 1 is 1.31 bits per heavy atom. The number of nitrogens with two attached hydrogens (primary N) is 1. The highest BCUT2D eigenvalue weighted by Crippen LogP contribution is 2.03. The Balaban J connectivity index is 0.00000144. The van der Waals surface area contributed by atoms with Crippen LogP contribution >= 0.6 is 12.4 Å². The predicted octanol–water partition coefficient (Wildman–Crippen LogP) is -1.14. The minimum absolute atomic E-state index is 0. The Bertz CT molecular complexity index is 282. The van der Waals surface area contributed by atoms with E-state index in [-0.39, 0.29) is 24.5 Å². The third-order valence-electron chi connectivity index (χ3n) is 1.62. The van der Waals surface area contributed by atoms with Crippen LogP contribution in [0.25, 0.3) is 0 Å². The van der Waals surface area contributed by atoms with Gasteiger partial charge in [0, 0.05) is 5.69 Å². The molecule has 0 radical (unpaired) electrons. The average molecular weight is 203 g/mol. The highest BCUT2D eigenvalue weighted by molar-refractivity contribution is 6.59. The van der Waals surface area contributed by atoms with Gasteiger partial charge >= 0.3 is 7.12 Å². The molecule has 0 bridgehead atoms. The molecule has 6 heteroatoms. The molecule has 4 nitrogen and oxygen atoms in total. The fourth-order valence-corrected chi connectivity index (χ4v) is 0.998. The van der Waals surface area contributed by atoms with Crippen molar-refractivity contribution in [2.75, 3.05) is 5.73 Å². The van der Waals surface area contributed by atoms with Crippen molar-refractivity contribution in [2.24, 2.45) is 0 Å². The molecule has 1 rings (SSSR count). The smallest absolute Gasteiger partial charge is 0.423 e. The Hall–Kier alpha value is -0.745. The van der Waals surface area contributed by atoms with Crippen molar-refractivity contribution in [1.29, 1.82) is 0 Å². The van der Waals surface area contributed by atoms with Gasteiger partial charge in [0.25, 0.3) is 0 Å². The molecular formula is C7H11BClNO3. The van der Waals surface area contributed by atoms with E-state index >= 15 is 0 Å². The lowest BCUT2D eigenvalue weighted by atomic mass is 9.77. The normalized spacial score (nSPS) is 9.15. The Labute approximate surface area is 82.6 Å². The minimum atomic E-state index is -1.59. The monoisotopic (exact) mass is 203 g/mol. The molecular weight excluding hydrogens is 192 g/mol. The minimum Gasteiger partial charge on any atom is -0.423 e. The molecule has 72 valence electrons. The first-order valence-corrected chi connectivity index (χ1v) is 3.50. The van der Waals surface area contributed by atoms with Gasteiger partial charge in [-0.15, -0.1) is 12.4 Å². The van der Waals surface area contributed by atoms with Crippen LogP contribution < -0.4 is 11.2 Å². The summed E-state index contributed by atoms with van der Waals surface area (Å²) in [6, 6.07) is 4.58. The maximum absolute atomic E-state index is 8.85. The molecule has 0 saturated heterocycles. The summed E-state index contributed by atoms with van der Waals surface area (Å²) in [5.41, 5.74) is 6.58. The number of nitrogen functional groups attached to an aromatic ring is 1. The van der Waals surface area contributed by atoms with Crippen molar-refractivity contribution in [3.05, 3.63) is 23.8 Å². The van der Waals surface area contributed by atoms with Crippen LogP contribution in [0.1, 0.15) is 5.56 Å². The number of halogens is 1. The van der Waals surface area contributed by atoms with Gasteiger partial charge in [-0.05, 0) is 23.2 Å². The zero-order chi connectivity index (χ0) is 9.14. The quantitative estimate of drug-likeness (QED) is 0.362. The van der Waals surface area contributed by atoms with E-state index < -0.39 is 7.12 Å². The van der Waals surface area contributed by atoms with Crippen LogP contribution in [0.2, 0.25) is 0 Å². The molecule has 1 aromatic carbocycles. The molecule has 0 aliphatic heterocycles. The van der Waals surface area contributed by atoms with Crippen molar-refractivity contribution >= 4 is 30.7 Å². The molecule has 0 aliphatic rings. The van der Waals surface area contributed by atoms with Crippen LogP contribution in [0.15, 0.2) is 18.2 Å². The summed E-state index contributed by atoms with van der Waals surface area (Å²) < 4.78 is 0. The third-order valence-corrected chi connectivity index (χ3v) is 1.62. The van der Waals surface area contributed by atoms with Gasteiger partial charge < -0.3 is 20.9 Å². The van der Waals surface area contributed by atoms with Crippen molar-refractivity contribution in [2.45, 2.75) is 6.61 Å². The molecule has 0 fully saturated rings. The zero-order valence-corrected chi connectivity index (χ0v) is 7.66. The standard InChI is InChI=1S/C7H10BNO3.ClH/c9-6-2-1-5(4-10)7(3-6)8(11)12;/h1-3,10-12H,4,9H2;1H. The molecule has 0 heterocycles. The molecule has 0 amide bonds. The van der Waals surface area contributed by atoms with E-state index in [1.165, 1.54) is 6.07 Å². The van der Waals surface area contributed by atoms with E-state index in [0.29, 0.717) is 11.3 Å². The van der Waals surface area contributed by atoms with Crippen LogP contribution in [0, 0.1) is 0 Å². The number of hydrogen-bond acceptors (Lipinski definition) is 4. The van der Waals surface area contributed by atoms with Crippen LogP contribution in [0.4, 0.5) is 5.69 Å². The molecule has 0 atom stereocenters. The lowest BCUT2D eigenvalue weighted by Gasteiger charge is -2.06. The third kappa shape index (κ3) is 2.89. The number of benzene rings is 1. The van der Waals surface area contributed by atoms with E-state index in [1.807, 2.05) is 0 Å². The van der Waals surface area contributed by atoms with Gasteiger partial charge in [-0.1, -0.05) is 6.07 Å². The van der Waals surface area contributed by atoms with Gasteiger partial charge in [-0.2, -0.15) is 0 Å². The summed E-state index contributed by atoms with van der Waals surface area (Å²) >= 11 is 0. The Kier molecular flexibility index (Phi) is 4.79. The van der Waals surface area contributed by atoms with Crippen molar-refractivity contribution in [1.82, 2.24) is 0 Å². The number of hydrogen-bond donors (Lipinski definition) is 4. The highest BCUT2D eigenvalue weighted by atomic mass is 35.5. The lowest BCUT2D eigenvalue weighted by molar-refractivity contribution is 0.282. The molecule has 13 heavy (non-hydrogen) atoms. The van der Waals surface area contributed by atoms with Gasteiger partial charge in [0.05, 0.1) is 6.61 Å². The molecule has 0 spiro atoms. The molecule has 0 aliphatic carbocycles. The van der Waals surface area contributed by atoms with E-state index in [9.17, 15) is 0 Å². The van der Waals surface area contributed by atoms with Crippen LogP contribution in [0.3, 0.4) is 0 Å². The predicted molar refractivity (Wildman–Crippen MR) is 53.9 cm³/mol. The van der Waals surface area contributed by atoms with Gasteiger partial charge in [-0.3, -0.25) is 0 Å². The van der Waals surface area contributed by atoms with E-state index in [4.69, 9.17) is 20.9 Å². The maximum atomic E-state index is 8.85. The first-order chi connectivity index (χ1) is 5.65. The topological polar surface area (TPSA) is 86.7 Å². The average Bonchev–Trinajstić information content (AvgIpc) is 2.04. The molecule has 1 aromatic rings. The Morgan fingerprint density at radius 3 is 2.38 bits per heavy atom. The first-order valence-electron chi connectivity index (χ1n) is 3.50. The molecule has 0 aromatic heterocycles. The lowest BCUT2D eigenvalue weighted by Crippen LogP contribution is -2.33. The maximum Gasteiger partial charge on any atom is 0.488 e. The summed E-state index contributed by atoms with van der Waals surface area (Å²) in [5, 5.41) is 26.5. The Morgan fingerprint density at radius 2 is 1.92 bits per heavy atom. The SMILES string of the molecule is Cl.Nc1ccc(CO)c(B(O)O)c1. The fourth-order valence-electron chi connectivity index (χ4n) is 0.998. The van der Waals surface area contributed by atoms with Crippen molar-refractivity contribution in [3.8, 4) is 0 Å². The second-order valence-electron chi connectivity index (χ2n) is 2.49. The largest absolute Gasteiger partial charge is 0.488 e. The fraction of sp³-hybridized carbons (Fsp3) is 0.143. The zero-order valence-electron chi connectivity index (χ0n) is 6.84. The summed E-state index contributed by atoms with van der Waals surface area (Å²) in [6.45, 7) is -0.229. The van der Waals surface area contributed by atoms with Crippen LogP contribution in [-0.2, 0) is 6.61 Å². The van der Waals surface area contributed by atoms with Gasteiger partial charge in [0.15, 0.2) is 0 Å². The van der Waals surface area contributed by atoms with E-state index in [1.54, 1.807) is 12.1 Å². The summed E-state index contributed by atoms with van der Waals surface area (Å²) in [6.07, 6.45) is 0. The number of rotatable bonds is 2. The number of aliphatic hydroxyl groups is 1. The number of aliphatic hydroxyl groups excluding tert-OH is 1. The van der Waals surface area contributed by atoms with Gasteiger partial charge in [0.2, 0.25) is 0 Å². The summed E-state index contributed by atoms with van der Waals surface area (Å²) in [5.74, 6) is 0. The van der Waals surface area contributed by atoms with E-state index in [0.717, 1.165) is 0 Å². The van der Waals surface area contributed by atoms with Gasteiger partial charge in [0.1, 0.15) is 0 Å².